The Morgan fingerprint density at radius 1 is 1.00 bits per heavy atom. The Balaban J connectivity index is 1.46. The highest BCUT2D eigenvalue weighted by molar-refractivity contribution is 6.42. The van der Waals surface area contributed by atoms with Gasteiger partial charge in [0.1, 0.15) is 0 Å². The average Bonchev–Trinajstić information content (AvgIpc) is 3.20. The number of amides is 2. The van der Waals surface area contributed by atoms with Crippen molar-refractivity contribution in [2.75, 3.05) is 31.6 Å². The minimum atomic E-state index is -0.0868. The summed E-state index contributed by atoms with van der Waals surface area (Å²) in [5, 5.41) is 4.54. The van der Waals surface area contributed by atoms with Crippen molar-refractivity contribution in [3.8, 4) is 0 Å². The molecule has 216 valence electrons. The van der Waals surface area contributed by atoms with E-state index in [9.17, 15) is 9.59 Å². The first-order valence-electron chi connectivity index (χ1n) is 14.5. The summed E-state index contributed by atoms with van der Waals surface area (Å²) in [5.41, 5.74) is 6.12. The maximum atomic E-state index is 13.5. The highest BCUT2D eigenvalue weighted by atomic mass is 35.5. The monoisotopic (exact) mass is 591 g/mol. The Labute approximate surface area is 253 Å². The molecule has 0 unspecified atom stereocenters. The summed E-state index contributed by atoms with van der Waals surface area (Å²) in [6.45, 7) is 8.09. The third-order valence-electron chi connectivity index (χ3n) is 9.00. The molecule has 0 saturated carbocycles. The van der Waals surface area contributed by atoms with Crippen LogP contribution in [-0.2, 0) is 10.2 Å². The largest absolute Gasteiger partial charge is 0.341 e. The number of carbonyl (C=O) groups is 2. The lowest BCUT2D eigenvalue weighted by molar-refractivity contribution is -0.117. The number of hydrogen-bond acceptors (Lipinski definition) is 3. The Hall–Kier alpha value is -2.86. The lowest BCUT2D eigenvalue weighted by Gasteiger charge is -2.42. The van der Waals surface area contributed by atoms with Crippen molar-refractivity contribution in [2.45, 2.75) is 63.8 Å². The first-order chi connectivity index (χ1) is 19.6. The molecule has 5 rings (SSSR count). The van der Waals surface area contributed by atoms with Crippen LogP contribution in [0.5, 0.6) is 0 Å². The molecule has 0 bridgehead atoms. The molecule has 3 aromatic rings. The van der Waals surface area contributed by atoms with E-state index < -0.39 is 0 Å². The van der Waals surface area contributed by atoms with Gasteiger partial charge in [-0.25, -0.2) is 0 Å². The molecule has 1 saturated heterocycles. The SMILES string of the molecule is CC(=O)N1c2ccccc2C2(CCNCC2)[C@H]1CC[C@H](CN(C)C(=O)c1cc(C)cc(C)c1)c1ccc(Cl)c(Cl)c1. The van der Waals surface area contributed by atoms with Crippen molar-refractivity contribution in [3.63, 3.8) is 0 Å². The summed E-state index contributed by atoms with van der Waals surface area (Å²) in [6.07, 6.45) is 3.58. The molecule has 3 aromatic carbocycles. The maximum absolute atomic E-state index is 13.5. The maximum Gasteiger partial charge on any atom is 0.253 e. The number of aryl methyl sites for hydroxylation is 2. The summed E-state index contributed by atoms with van der Waals surface area (Å²) in [7, 11) is 1.87. The number of halogens is 2. The summed E-state index contributed by atoms with van der Waals surface area (Å²) >= 11 is 12.8. The van der Waals surface area contributed by atoms with Crippen LogP contribution < -0.4 is 10.2 Å². The van der Waals surface area contributed by atoms with E-state index in [0.29, 0.717) is 22.2 Å². The molecule has 5 nitrogen and oxygen atoms in total. The number of likely N-dealkylation sites (N-methyl/N-ethyl adjacent to an activating group) is 1. The lowest BCUT2D eigenvalue weighted by atomic mass is 9.68. The van der Waals surface area contributed by atoms with Crippen LogP contribution in [0.4, 0.5) is 5.69 Å². The molecule has 0 aliphatic carbocycles. The van der Waals surface area contributed by atoms with Crippen LogP contribution in [0, 0.1) is 13.8 Å². The Bertz CT molecular complexity index is 1430. The predicted octanol–water partition coefficient (Wildman–Crippen LogP) is 7.30. The molecule has 2 heterocycles. The van der Waals surface area contributed by atoms with Gasteiger partial charge in [0.15, 0.2) is 0 Å². The van der Waals surface area contributed by atoms with Gasteiger partial charge in [-0.1, -0.05) is 64.7 Å². The van der Waals surface area contributed by atoms with E-state index in [1.54, 1.807) is 6.92 Å². The van der Waals surface area contributed by atoms with Crippen LogP contribution >= 0.6 is 23.2 Å². The Morgan fingerprint density at radius 2 is 1.68 bits per heavy atom. The van der Waals surface area contributed by atoms with Crippen molar-refractivity contribution in [2.24, 2.45) is 0 Å². The van der Waals surface area contributed by atoms with Crippen LogP contribution in [0.3, 0.4) is 0 Å². The number of fused-ring (bicyclic) bond motifs is 2. The first-order valence-corrected chi connectivity index (χ1v) is 15.2. The van der Waals surface area contributed by atoms with E-state index in [2.05, 4.69) is 29.6 Å². The van der Waals surface area contributed by atoms with E-state index in [0.717, 1.165) is 61.2 Å². The van der Waals surface area contributed by atoms with Gasteiger partial charge in [-0.05, 0) is 94.1 Å². The molecule has 2 atom stereocenters. The zero-order valence-corrected chi connectivity index (χ0v) is 25.9. The highest BCUT2D eigenvalue weighted by Gasteiger charge is 2.52. The molecule has 41 heavy (non-hydrogen) atoms. The number of para-hydroxylation sites is 1. The van der Waals surface area contributed by atoms with Crippen LogP contribution in [0.1, 0.15) is 71.1 Å². The Morgan fingerprint density at radius 3 is 2.34 bits per heavy atom. The number of anilines is 1. The van der Waals surface area contributed by atoms with Gasteiger partial charge >= 0.3 is 0 Å². The molecular formula is C34H39Cl2N3O2. The second-order valence-corrected chi connectivity index (χ2v) is 12.7. The summed E-state index contributed by atoms with van der Waals surface area (Å²) in [5.74, 6) is 0.0855. The minimum Gasteiger partial charge on any atom is -0.341 e. The molecule has 0 aromatic heterocycles. The van der Waals surface area contributed by atoms with Crippen LogP contribution in [0.15, 0.2) is 60.7 Å². The van der Waals surface area contributed by atoms with Gasteiger partial charge in [0.2, 0.25) is 5.91 Å². The highest BCUT2D eigenvalue weighted by Crippen LogP contribution is 2.52. The quantitative estimate of drug-likeness (QED) is 0.313. The van der Waals surface area contributed by atoms with Crippen molar-refractivity contribution >= 4 is 40.7 Å². The van der Waals surface area contributed by atoms with E-state index >= 15 is 0 Å². The molecule has 1 spiro atoms. The minimum absolute atomic E-state index is 0.00433. The fourth-order valence-electron chi connectivity index (χ4n) is 7.19. The molecular weight excluding hydrogens is 553 g/mol. The summed E-state index contributed by atoms with van der Waals surface area (Å²) in [4.78, 5) is 30.5. The molecule has 2 aliphatic heterocycles. The number of nitrogens with zero attached hydrogens (tertiary/aromatic N) is 2. The number of piperidine rings is 1. The third kappa shape index (κ3) is 5.90. The molecule has 2 amide bonds. The molecule has 1 fully saturated rings. The topological polar surface area (TPSA) is 52.7 Å². The lowest BCUT2D eigenvalue weighted by Crippen LogP contribution is -2.51. The van der Waals surface area contributed by atoms with Crippen molar-refractivity contribution in [1.29, 1.82) is 0 Å². The van der Waals surface area contributed by atoms with Gasteiger partial charge in [-0.3, -0.25) is 9.59 Å². The summed E-state index contributed by atoms with van der Waals surface area (Å²) < 4.78 is 0. The average molecular weight is 593 g/mol. The fraction of sp³-hybridized carbons (Fsp3) is 0.412. The smallest absolute Gasteiger partial charge is 0.253 e. The molecule has 0 radical (unpaired) electrons. The number of nitrogens with one attached hydrogen (secondary N) is 1. The first kappa shape index (κ1) is 29.6. The van der Waals surface area contributed by atoms with Gasteiger partial charge in [-0.2, -0.15) is 0 Å². The Kier molecular flexibility index (Phi) is 8.79. The van der Waals surface area contributed by atoms with Gasteiger partial charge in [0.05, 0.1) is 10.0 Å². The predicted molar refractivity (Wildman–Crippen MR) is 168 cm³/mol. The van der Waals surface area contributed by atoms with Crippen LogP contribution in [0.2, 0.25) is 10.0 Å². The van der Waals surface area contributed by atoms with Crippen molar-refractivity contribution < 1.29 is 9.59 Å². The van der Waals surface area contributed by atoms with E-state index in [4.69, 9.17) is 23.2 Å². The van der Waals surface area contributed by atoms with Crippen LogP contribution in [0.25, 0.3) is 0 Å². The van der Waals surface area contributed by atoms with Crippen LogP contribution in [-0.4, -0.2) is 49.4 Å². The van der Waals surface area contributed by atoms with E-state index in [1.807, 2.05) is 67.1 Å². The second kappa shape index (κ2) is 12.2. The zero-order chi connectivity index (χ0) is 29.3. The van der Waals surface area contributed by atoms with Gasteiger partial charge in [-0.15, -0.1) is 0 Å². The van der Waals surface area contributed by atoms with E-state index in [-0.39, 0.29) is 29.2 Å². The summed E-state index contributed by atoms with van der Waals surface area (Å²) in [6, 6.07) is 20.2. The fourth-order valence-corrected chi connectivity index (χ4v) is 7.50. The number of rotatable bonds is 7. The van der Waals surface area contributed by atoms with Gasteiger partial charge < -0.3 is 15.1 Å². The van der Waals surface area contributed by atoms with E-state index in [1.165, 1.54) is 5.56 Å². The zero-order valence-electron chi connectivity index (χ0n) is 24.3. The molecule has 1 N–H and O–H groups in total. The standard InChI is InChI=1S/C34H39Cl2N3O2/c1-22-17-23(2)19-27(18-22)33(41)38(4)21-26(25-9-11-29(35)30(36)20-25)10-12-32-34(13-15-37-16-14-34)28-7-5-6-8-31(28)39(32)24(3)40/h5-9,11,17-20,26,32,37H,10,12-16,21H2,1-4H3/t26-,32-/m1/s1. The number of carbonyl (C=O) groups excluding carboxylic acids is 2. The number of hydrogen-bond donors (Lipinski definition) is 1. The third-order valence-corrected chi connectivity index (χ3v) is 9.74. The molecule has 2 aliphatic rings. The van der Waals surface area contributed by atoms with Crippen molar-refractivity contribution in [3.05, 3.63) is 98.5 Å². The second-order valence-electron chi connectivity index (χ2n) is 11.8. The van der Waals surface area contributed by atoms with Crippen molar-refractivity contribution in [1.82, 2.24) is 10.2 Å². The normalized spacial score (nSPS) is 18.3. The number of benzene rings is 3. The van der Waals surface area contributed by atoms with Gasteiger partial charge in [0, 0.05) is 49.1 Å². The molecule has 7 heteroatoms. The van der Waals surface area contributed by atoms with Gasteiger partial charge in [0.25, 0.3) is 5.91 Å².